The van der Waals surface area contributed by atoms with Crippen molar-refractivity contribution in [1.82, 2.24) is 0 Å². The van der Waals surface area contributed by atoms with Gasteiger partial charge in [-0.15, -0.1) is 0 Å². The van der Waals surface area contributed by atoms with E-state index in [0.717, 1.165) is 25.0 Å². The zero-order valence-electron chi connectivity index (χ0n) is 6.39. The molecule has 0 aliphatic carbocycles. The molecule has 1 heteroatoms. The van der Waals surface area contributed by atoms with Crippen LogP contribution in [0.4, 0.5) is 0 Å². The summed E-state index contributed by atoms with van der Waals surface area (Å²) in [7, 11) is 0. The summed E-state index contributed by atoms with van der Waals surface area (Å²) < 4.78 is 5.32. The van der Waals surface area contributed by atoms with Crippen molar-refractivity contribution in [2.45, 2.75) is 26.7 Å². The van der Waals surface area contributed by atoms with Crippen LogP contribution in [0.2, 0.25) is 0 Å². The Hall–Kier alpha value is -0.0400. The monoisotopic (exact) mass is 128 g/mol. The molecule has 1 heterocycles. The van der Waals surface area contributed by atoms with Gasteiger partial charge in [0.1, 0.15) is 0 Å². The minimum Gasteiger partial charge on any atom is -0.381 e. The molecule has 2 atom stereocenters. The summed E-state index contributed by atoms with van der Waals surface area (Å²) in [5, 5.41) is 0. The summed E-state index contributed by atoms with van der Waals surface area (Å²) in [5.41, 5.74) is 0. The highest BCUT2D eigenvalue weighted by Crippen LogP contribution is 2.23. The van der Waals surface area contributed by atoms with Gasteiger partial charge in [0.25, 0.3) is 0 Å². The minimum absolute atomic E-state index is 0.810. The molecule has 54 valence electrons. The summed E-state index contributed by atoms with van der Waals surface area (Å²) in [6.45, 7) is 6.53. The van der Waals surface area contributed by atoms with Crippen molar-refractivity contribution >= 4 is 0 Å². The highest BCUT2D eigenvalue weighted by Gasteiger charge is 2.22. The van der Waals surface area contributed by atoms with Gasteiger partial charge in [0, 0.05) is 13.2 Å². The fourth-order valence-corrected chi connectivity index (χ4v) is 1.44. The molecule has 0 radical (unpaired) electrons. The molecule has 0 aromatic carbocycles. The van der Waals surface area contributed by atoms with Gasteiger partial charge >= 0.3 is 0 Å². The van der Waals surface area contributed by atoms with Gasteiger partial charge in [0.05, 0.1) is 0 Å². The van der Waals surface area contributed by atoms with Gasteiger partial charge in [0.2, 0.25) is 0 Å². The molecule has 0 spiro atoms. The molecule has 9 heavy (non-hydrogen) atoms. The Labute approximate surface area is 57.4 Å². The van der Waals surface area contributed by atoms with Crippen LogP contribution in [0.15, 0.2) is 0 Å². The van der Waals surface area contributed by atoms with E-state index in [-0.39, 0.29) is 0 Å². The summed E-state index contributed by atoms with van der Waals surface area (Å²) >= 11 is 0. The van der Waals surface area contributed by atoms with Crippen LogP contribution in [0, 0.1) is 11.8 Å². The van der Waals surface area contributed by atoms with Crippen molar-refractivity contribution < 1.29 is 4.74 Å². The molecule has 0 aromatic rings. The molecule has 0 N–H and O–H groups in total. The molecule has 0 bridgehead atoms. The maximum absolute atomic E-state index is 5.32. The Balaban J connectivity index is 2.22. The average molecular weight is 128 g/mol. The lowest BCUT2D eigenvalue weighted by molar-refractivity contribution is 0.180. The number of rotatable bonds is 2. The molecule has 1 saturated heterocycles. The molecule has 1 nitrogen and oxygen atoms in total. The number of ether oxygens (including phenoxy) is 1. The Kier molecular flexibility index (Phi) is 2.52. The van der Waals surface area contributed by atoms with E-state index in [4.69, 9.17) is 4.74 Å². The van der Waals surface area contributed by atoms with Crippen LogP contribution in [0.3, 0.4) is 0 Å². The van der Waals surface area contributed by atoms with Crippen LogP contribution >= 0.6 is 0 Å². The van der Waals surface area contributed by atoms with Crippen LogP contribution in [0.1, 0.15) is 26.7 Å². The first-order valence-electron chi connectivity index (χ1n) is 3.92. The van der Waals surface area contributed by atoms with E-state index in [1.807, 2.05) is 0 Å². The first-order chi connectivity index (χ1) is 4.34. The zero-order valence-corrected chi connectivity index (χ0v) is 6.39. The molecular formula is C8H16O. The van der Waals surface area contributed by atoms with Gasteiger partial charge in [0.15, 0.2) is 0 Å². The van der Waals surface area contributed by atoms with Crippen LogP contribution in [-0.4, -0.2) is 13.2 Å². The maximum Gasteiger partial charge on any atom is 0.0497 e. The topological polar surface area (TPSA) is 9.23 Å². The van der Waals surface area contributed by atoms with Crippen molar-refractivity contribution in [2.24, 2.45) is 11.8 Å². The van der Waals surface area contributed by atoms with E-state index in [9.17, 15) is 0 Å². The van der Waals surface area contributed by atoms with Gasteiger partial charge in [-0.05, 0) is 18.3 Å². The standard InChI is InChI=1S/C8H16O/c1-3-4-8-6-9-5-7(8)2/h7-8H,3-6H2,1-2H3/t7?,8-/m1/s1. The van der Waals surface area contributed by atoms with Crippen molar-refractivity contribution in [3.05, 3.63) is 0 Å². The van der Waals surface area contributed by atoms with Gasteiger partial charge in [-0.25, -0.2) is 0 Å². The maximum atomic E-state index is 5.32. The van der Waals surface area contributed by atoms with Crippen molar-refractivity contribution in [1.29, 1.82) is 0 Å². The molecule has 0 aromatic heterocycles. The molecule has 1 unspecified atom stereocenters. The summed E-state index contributed by atoms with van der Waals surface area (Å²) in [5.74, 6) is 1.67. The lowest BCUT2D eigenvalue weighted by Gasteiger charge is -2.09. The molecule has 0 amide bonds. The Morgan fingerprint density at radius 2 is 2.22 bits per heavy atom. The first kappa shape index (κ1) is 7.07. The summed E-state index contributed by atoms with van der Waals surface area (Å²) in [4.78, 5) is 0. The summed E-state index contributed by atoms with van der Waals surface area (Å²) in [6.07, 6.45) is 2.65. The zero-order chi connectivity index (χ0) is 6.69. The largest absolute Gasteiger partial charge is 0.381 e. The minimum atomic E-state index is 0.810. The summed E-state index contributed by atoms with van der Waals surface area (Å²) in [6, 6.07) is 0. The number of hydrogen-bond donors (Lipinski definition) is 0. The second kappa shape index (κ2) is 3.21. The molecule has 1 fully saturated rings. The third-order valence-electron chi connectivity index (χ3n) is 2.18. The number of hydrogen-bond acceptors (Lipinski definition) is 1. The van der Waals surface area contributed by atoms with Crippen LogP contribution in [0.25, 0.3) is 0 Å². The van der Waals surface area contributed by atoms with E-state index in [1.54, 1.807) is 0 Å². The van der Waals surface area contributed by atoms with Gasteiger partial charge in [-0.3, -0.25) is 0 Å². The smallest absolute Gasteiger partial charge is 0.0497 e. The highest BCUT2D eigenvalue weighted by molar-refractivity contribution is 4.70. The lowest BCUT2D eigenvalue weighted by atomic mass is 9.94. The van der Waals surface area contributed by atoms with E-state index in [2.05, 4.69) is 13.8 Å². The molecular weight excluding hydrogens is 112 g/mol. The molecule has 1 rings (SSSR count). The normalized spacial score (nSPS) is 35.3. The Bertz CT molecular complexity index is 80.6. The average Bonchev–Trinajstić information content (AvgIpc) is 2.18. The lowest BCUT2D eigenvalue weighted by Crippen LogP contribution is -2.07. The fourth-order valence-electron chi connectivity index (χ4n) is 1.44. The van der Waals surface area contributed by atoms with Gasteiger partial charge < -0.3 is 4.74 Å². The third kappa shape index (κ3) is 1.68. The Morgan fingerprint density at radius 3 is 2.67 bits per heavy atom. The van der Waals surface area contributed by atoms with Crippen LogP contribution < -0.4 is 0 Å². The van der Waals surface area contributed by atoms with Gasteiger partial charge in [-0.2, -0.15) is 0 Å². The fraction of sp³-hybridized carbons (Fsp3) is 1.00. The van der Waals surface area contributed by atoms with Crippen molar-refractivity contribution in [3.63, 3.8) is 0 Å². The van der Waals surface area contributed by atoms with Crippen LogP contribution in [0.5, 0.6) is 0 Å². The van der Waals surface area contributed by atoms with E-state index < -0.39 is 0 Å². The molecule has 1 aliphatic rings. The van der Waals surface area contributed by atoms with Crippen molar-refractivity contribution in [3.8, 4) is 0 Å². The van der Waals surface area contributed by atoms with Crippen molar-refractivity contribution in [2.75, 3.05) is 13.2 Å². The van der Waals surface area contributed by atoms with E-state index >= 15 is 0 Å². The third-order valence-corrected chi connectivity index (χ3v) is 2.18. The second-order valence-electron chi connectivity index (χ2n) is 3.06. The molecule has 1 aliphatic heterocycles. The first-order valence-corrected chi connectivity index (χ1v) is 3.92. The molecule has 0 saturated carbocycles. The highest BCUT2D eigenvalue weighted by atomic mass is 16.5. The Morgan fingerprint density at radius 1 is 1.44 bits per heavy atom. The van der Waals surface area contributed by atoms with Crippen LogP contribution in [-0.2, 0) is 4.74 Å². The predicted octanol–water partition coefficient (Wildman–Crippen LogP) is 2.07. The quantitative estimate of drug-likeness (QED) is 0.553. The van der Waals surface area contributed by atoms with E-state index in [1.165, 1.54) is 12.8 Å². The van der Waals surface area contributed by atoms with E-state index in [0.29, 0.717) is 0 Å². The van der Waals surface area contributed by atoms with Gasteiger partial charge in [-0.1, -0.05) is 20.3 Å². The SMILES string of the molecule is CCC[C@@H]1COCC1C. The predicted molar refractivity (Wildman–Crippen MR) is 38.4 cm³/mol. The second-order valence-corrected chi connectivity index (χ2v) is 3.06.